The molecule has 3 N–H and O–H groups in total. The Morgan fingerprint density at radius 1 is 1.04 bits per heavy atom. The van der Waals surface area contributed by atoms with Gasteiger partial charge in [-0.2, -0.15) is 0 Å². The van der Waals surface area contributed by atoms with E-state index in [1.54, 1.807) is 39.8 Å². The van der Waals surface area contributed by atoms with Crippen molar-refractivity contribution in [2.75, 3.05) is 6.61 Å². The normalized spacial score (nSPS) is 25.0. The number of aliphatic hydroxyl groups is 3. The Labute approximate surface area is 168 Å². The summed E-state index contributed by atoms with van der Waals surface area (Å²) >= 11 is 3.39. The minimum absolute atomic E-state index is 0.374. The van der Waals surface area contributed by atoms with E-state index in [0.717, 1.165) is 10.4 Å². The summed E-state index contributed by atoms with van der Waals surface area (Å²) in [6.07, 6.45) is -0.790. The zero-order chi connectivity index (χ0) is 19.3. The molecule has 144 valence electrons. The lowest BCUT2D eigenvalue weighted by atomic mass is 10.1. The molecule has 0 amide bonds. The van der Waals surface area contributed by atoms with Crippen molar-refractivity contribution in [1.82, 2.24) is 14.5 Å². The third kappa shape index (κ3) is 2.79. The highest BCUT2D eigenvalue weighted by Gasteiger charge is 2.44. The van der Waals surface area contributed by atoms with E-state index in [1.807, 2.05) is 12.1 Å². The first-order valence-electron chi connectivity index (χ1n) is 8.75. The largest absolute Gasteiger partial charge is 0.394 e. The average molecular weight is 415 g/mol. The van der Waals surface area contributed by atoms with Gasteiger partial charge in [-0.15, -0.1) is 22.7 Å². The van der Waals surface area contributed by atoms with E-state index in [0.29, 0.717) is 11.2 Å². The van der Waals surface area contributed by atoms with Crippen molar-refractivity contribution in [1.29, 1.82) is 0 Å². The summed E-state index contributed by atoms with van der Waals surface area (Å²) in [4.78, 5) is 12.4. The van der Waals surface area contributed by atoms with Crippen molar-refractivity contribution >= 4 is 33.8 Å². The fourth-order valence-corrected chi connectivity index (χ4v) is 5.33. The molecule has 0 aliphatic carbocycles. The fraction of sp³-hybridized carbons (Fsp3) is 0.263. The van der Waals surface area contributed by atoms with E-state index < -0.39 is 24.5 Å². The molecule has 5 heterocycles. The van der Waals surface area contributed by atoms with E-state index in [9.17, 15) is 15.3 Å². The van der Waals surface area contributed by atoms with Gasteiger partial charge < -0.3 is 20.1 Å². The average Bonchev–Trinajstić information content (AvgIpc) is 3.49. The highest BCUT2D eigenvalue weighted by atomic mass is 32.1. The zero-order valence-corrected chi connectivity index (χ0v) is 16.2. The van der Waals surface area contributed by atoms with Crippen molar-refractivity contribution in [3.63, 3.8) is 0 Å². The molecule has 1 saturated heterocycles. The third-order valence-electron chi connectivity index (χ3n) is 4.89. The number of hydrogen-bond acceptors (Lipinski definition) is 8. The maximum absolute atomic E-state index is 10.3. The molecule has 0 bridgehead atoms. The van der Waals surface area contributed by atoms with Crippen molar-refractivity contribution in [3.8, 4) is 20.2 Å². The molecule has 1 aliphatic rings. The second-order valence-electron chi connectivity index (χ2n) is 6.55. The molecule has 4 atom stereocenters. The second-order valence-corrected chi connectivity index (χ2v) is 8.58. The maximum Gasteiger partial charge on any atom is 0.165 e. The zero-order valence-electron chi connectivity index (χ0n) is 14.5. The number of nitrogens with zero attached hydrogens (tertiary/aromatic N) is 3. The molecule has 0 radical (unpaired) electrons. The number of imidazole rings is 1. The molecule has 0 saturated carbocycles. The van der Waals surface area contributed by atoms with Crippen LogP contribution in [0.25, 0.3) is 31.4 Å². The lowest BCUT2D eigenvalue weighted by molar-refractivity contribution is -0.0511. The Hall–Kier alpha value is -2.14. The number of rotatable bonds is 4. The number of pyridine rings is 1. The Morgan fingerprint density at radius 2 is 1.89 bits per heavy atom. The van der Waals surface area contributed by atoms with E-state index in [2.05, 4.69) is 33.5 Å². The third-order valence-corrected chi connectivity index (χ3v) is 7.07. The molecule has 1 fully saturated rings. The van der Waals surface area contributed by atoms with Crippen molar-refractivity contribution in [3.05, 3.63) is 48.2 Å². The molecule has 5 rings (SSSR count). The lowest BCUT2D eigenvalue weighted by Gasteiger charge is -2.16. The van der Waals surface area contributed by atoms with Gasteiger partial charge >= 0.3 is 0 Å². The van der Waals surface area contributed by atoms with Crippen LogP contribution in [-0.2, 0) is 4.74 Å². The molecule has 0 aromatic carbocycles. The smallest absolute Gasteiger partial charge is 0.165 e. The lowest BCUT2D eigenvalue weighted by Crippen LogP contribution is -2.33. The molecule has 9 heteroatoms. The van der Waals surface area contributed by atoms with Crippen LogP contribution < -0.4 is 0 Å². The fourth-order valence-electron chi connectivity index (χ4n) is 3.46. The van der Waals surface area contributed by atoms with Crippen LogP contribution in [0.2, 0.25) is 0 Å². The molecule has 7 nitrogen and oxygen atoms in total. The van der Waals surface area contributed by atoms with Crippen LogP contribution in [0.3, 0.4) is 0 Å². The highest BCUT2D eigenvalue weighted by molar-refractivity contribution is 7.23. The number of thiophene rings is 2. The first kappa shape index (κ1) is 17.9. The van der Waals surface area contributed by atoms with Crippen LogP contribution in [0.5, 0.6) is 0 Å². The van der Waals surface area contributed by atoms with Gasteiger partial charge in [0.1, 0.15) is 23.8 Å². The minimum Gasteiger partial charge on any atom is -0.394 e. The van der Waals surface area contributed by atoms with Crippen LogP contribution >= 0.6 is 22.7 Å². The van der Waals surface area contributed by atoms with Crippen LogP contribution in [0, 0.1) is 0 Å². The van der Waals surface area contributed by atoms with Gasteiger partial charge in [0.25, 0.3) is 0 Å². The molecule has 0 spiro atoms. The van der Waals surface area contributed by atoms with Crippen LogP contribution in [-0.4, -0.2) is 54.8 Å². The van der Waals surface area contributed by atoms with Crippen molar-refractivity contribution in [2.24, 2.45) is 0 Å². The Balaban J connectivity index is 1.55. The predicted octanol–water partition coefficient (Wildman–Crippen LogP) is 2.50. The molecule has 28 heavy (non-hydrogen) atoms. The number of aliphatic hydroxyl groups excluding tert-OH is 3. The van der Waals surface area contributed by atoms with E-state index in [1.165, 1.54) is 9.75 Å². The van der Waals surface area contributed by atoms with Gasteiger partial charge in [-0.25, -0.2) is 9.97 Å². The summed E-state index contributed by atoms with van der Waals surface area (Å²) < 4.78 is 7.23. The summed E-state index contributed by atoms with van der Waals surface area (Å²) in [7, 11) is 0. The monoisotopic (exact) mass is 415 g/mol. The van der Waals surface area contributed by atoms with Gasteiger partial charge in [0.15, 0.2) is 11.9 Å². The Kier molecular flexibility index (Phi) is 4.50. The molecule has 1 aliphatic heterocycles. The summed E-state index contributed by atoms with van der Waals surface area (Å²) in [5, 5.41) is 31.7. The molecule has 4 aromatic heterocycles. The summed E-state index contributed by atoms with van der Waals surface area (Å²) in [5.41, 5.74) is 2.20. The van der Waals surface area contributed by atoms with E-state index in [-0.39, 0.29) is 6.61 Å². The second kappa shape index (κ2) is 7.03. The van der Waals surface area contributed by atoms with Crippen molar-refractivity contribution in [2.45, 2.75) is 24.5 Å². The molecule has 4 aromatic rings. The quantitative estimate of drug-likeness (QED) is 0.474. The first-order chi connectivity index (χ1) is 13.7. The van der Waals surface area contributed by atoms with Gasteiger partial charge in [0.05, 0.1) is 12.9 Å². The van der Waals surface area contributed by atoms with Crippen LogP contribution in [0.1, 0.15) is 6.23 Å². The van der Waals surface area contributed by atoms with Gasteiger partial charge in [-0.1, -0.05) is 6.07 Å². The van der Waals surface area contributed by atoms with Crippen LogP contribution in [0.15, 0.2) is 48.2 Å². The van der Waals surface area contributed by atoms with Crippen molar-refractivity contribution < 1.29 is 20.1 Å². The first-order valence-corrected chi connectivity index (χ1v) is 10.4. The Bertz CT molecular complexity index is 1110. The summed E-state index contributed by atoms with van der Waals surface area (Å²) in [5.74, 6) is 0. The topological polar surface area (TPSA) is 101 Å². The van der Waals surface area contributed by atoms with Crippen LogP contribution in [0.4, 0.5) is 0 Å². The van der Waals surface area contributed by atoms with Gasteiger partial charge in [-0.05, 0) is 29.6 Å². The number of ether oxygens (including phenoxy) is 1. The predicted molar refractivity (Wildman–Crippen MR) is 107 cm³/mol. The number of aromatic nitrogens is 3. The van der Waals surface area contributed by atoms with Gasteiger partial charge in [-0.3, -0.25) is 4.57 Å². The summed E-state index contributed by atoms with van der Waals surface area (Å²) in [6.45, 7) is -0.374. The SMILES string of the molecule is OC[C@H]1O[C@@H](n2cnc3c(-c4ccc(-c5cccs5)s4)ccnc32)[C@H](O)[C@@H]1O. The highest BCUT2D eigenvalue weighted by Crippen LogP contribution is 2.39. The molecular weight excluding hydrogens is 398 g/mol. The molecule has 0 unspecified atom stereocenters. The number of fused-ring (bicyclic) bond motifs is 1. The standard InChI is InChI=1S/C19H17N3O4S2/c23-8-11-16(24)17(25)19(26-11)22-9-21-15-10(5-6-20-18(15)22)12-3-4-14(28-12)13-2-1-7-27-13/h1-7,9,11,16-17,19,23-25H,8H2/t11-,16-,17-,19-/m1/s1. The van der Waals surface area contributed by atoms with Gasteiger partial charge in [0, 0.05) is 26.4 Å². The minimum atomic E-state index is -1.17. The Morgan fingerprint density at radius 3 is 2.64 bits per heavy atom. The number of hydrogen-bond donors (Lipinski definition) is 3. The summed E-state index contributed by atoms with van der Waals surface area (Å²) in [6, 6.07) is 10.2. The molecular formula is C19H17N3O4S2. The van der Waals surface area contributed by atoms with E-state index in [4.69, 9.17) is 4.74 Å². The van der Waals surface area contributed by atoms with E-state index >= 15 is 0 Å². The maximum atomic E-state index is 10.3. The van der Waals surface area contributed by atoms with Gasteiger partial charge in [0.2, 0.25) is 0 Å².